The molecule has 0 heterocycles. The molecule has 0 radical (unpaired) electrons. The molecule has 2 rings (SSSR count). The van der Waals surface area contributed by atoms with Crippen molar-refractivity contribution in [2.45, 2.75) is 18.9 Å². The van der Waals surface area contributed by atoms with Crippen LogP contribution in [0.2, 0.25) is 0 Å². The Morgan fingerprint density at radius 1 is 1.30 bits per heavy atom. The summed E-state index contributed by atoms with van der Waals surface area (Å²) < 4.78 is 10.3. The Kier molecular flexibility index (Phi) is 5.05. The van der Waals surface area contributed by atoms with Crippen molar-refractivity contribution in [2.24, 2.45) is 5.73 Å². The monoisotopic (exact) mass is 322 g/mol. The molecule has 124 valence electrons. The van der Waals surface area contributed by atoms with Crippen molar-refractivity contribution in [2.75, 3.05) is 20.3 Å². The number of benzene rings is 1. The predicted molar refractivity (Wildman–Crippen MR) is 79.4 cm³/mol. The maximum Gasteiger partial charge on any atom is 0.323 e. The van der Waals surface area contributed by atoms with Gasteiger partial charge in [0.25, 0.3) is 11.8 Å². The topological polar surface area (TPSA) is 119 Å². The van der Waals surface area contributed by atoms with E-state index < -0.39 is 11.9 Å². The number of carboxylic acids is 1. The number of hydrogen-bond acceptors (Lipinski definition) is 5. The molecular formula is C15H18N2O6. The molecule has 0 unspecified atom stereocenters. The fraction of sp³-hybridized carbons (Fsp3) is 0.400. The molecule has 0 saturated heterocycles. The molecule has 0 bridgehead atoms. The number of hydrogen-bond donors (Lipinski definition) is 2. The first-order chi connectivity index (χ1) is 10.9. The van der Waals surface area contributed by atoms with E-state index in [4.69, 9.17) is 20.3 Å². The molecule has 0 spiro atoms. The van der Waals surface area contributed by atoms with E-state index in [9.17, 15) is 14.4 Å². The highest BCUT2D eigenvalue weighted by Gasteiger charge is 2.34. The maximum absolute atomic E-state index is 12.5. The summed E-state index contributed by atoms with van der Waals surface area (Å²) in [5.41, 5.74) is 5.31. The third-order valence-corrected chi connectivity index (χ3v) is 3.33. The molecule has 0 atom stereocenters. The largest absolute Gasteiger partial charge is 0.493 e. The van der Waals surface area contributed by atoms with E-state index in [1.807, 2.05) is 0 Å². The third-order valence-electron chi connectivity index (χ3n) is 3.33. The highest BCUT2D eigenvalue weighted by atomic mass is 16.5. The number of nitrogens with two attached hydrogens (primary N) is 1. The zero-order valence-electron chi connectivity index (χ0n) is 12.7. The summed E-state index contributed by atoms with van der Waals surface area (Å²) >= 11 is 0. The quantitative estimate of drug-likeness (QED) is 0.708. The Labute approximate surface area is 132 Å². The second-order valence-electron chi connectivity index (χ2n) is 5.18. The summed E-state index contributed by atoms with van der Waals surface area (Å²) in [5, 5.41) is 8.94. The lowest BCUT2D eigenvalue weighted by Gasteiger charge is -2.21. The van der Waals surface area contributed by atoms with Gasteiger partial charge in [0, 0.05) is 11.6 Å². The molecular weight excluding hydrogens is 304 g/mol. The lowest BCUT2D eigenvalue weighted by atomic mass is 10.1. The van der Waals surface area contributed by atoms with E-state index in [-0.39, 0.29) is 36.6 Å². The van der Waals surface area contributed by atoms with Gasteiger partial charge in [-0.05, 0) is 31.0 Å². The predicted octanol–water partition coefficient (Wildman–Crippen LogP) is 0.248. The van der Waals surface area contributed by atoms with Gasteiger partial charge in [-0.15, -0.1) is 0 Å². The van der Waals surface area contributed by atoms with Crippen LogP contribution in [0.3, 0.4) is 0 Å². The number of nitrogens with zero attached hydrogens (tertiary/aromatic N) is 1. The molecule has 1 aromatic rings. The smallest absolute Gasteiger partial charge is 0.323 e. The van der Waals surface area contributed by atoms with E-state index in [0.717, 1.165) is 12.8 Å². The normalized spacial score (nSPS) is 13.3. The van der Waals surface area contributed by atoms with Gasteiger partial charge in [-0.1, -0.05) is 0 Å². The van der Waals surface area contributed by atoms with Gasteiger partial charge in [-0.2, -0.15) is 0 Å². The lowest BCUT2D eigenvalue weighted by Crippen LogP contribution is -2.37. The fourth-order valence-corrected chi connectivity index (χ4v) is 2.13. The van der Waals surface area contributed by atoms with Gasteiger partial charge in [-0.25, -0.2) is 0 Å². The van der Waals surface area contributed by atoms with Crippen LogP contribution in [-0.2, 0) is 9.59 Å². The summed E-state index contributed by atoms with van der Waals surface area (Å²) in [6.45, 7) is -0.650. The highest BCUT2D eigenvalue weighted by molar-refractivity contribution is 5.97. The van der Waals surface area contributed by atoms with Gasteiger partial charge in [0.1, 0.15) is 6.54 Å². The maximum atomic E-state index is 12.5. The number of aliphatic carboxylic acids is 1. The number of amides is 2. The summed E-state index contributed by atoms with van der Waals surface area (Å²) in [4.78, 5) is 35.5. The van der Waals surface area contributed by atoms with E-state index in [1.54, 1.807) is 0 Å². The number of rotatable bonds is 8. The van der Waals surface area contributed by atoms with Crippen molar-refractivity contribution in [3.63, 3.8) is 0 Å². The number of methoxy groups -OCH3 is 1. The first kappa shape index (κ1) is 16.6. The van der Waals surface area contributed by atoms with Crippen LogP contribution >= 0.6 is 0 Å². The van der Waals surface area contributed by atoms with Crippen LogP contribution in [0.25, 0.3) is 0 Å². The number of carbonyl (C=O) groups is 3. The molecule has 0 aromatic heterocycles. The molecule has 1 aliphatic carbocycles. The van der Waals surface area contributed by atoms with Crippen molar-refractivity contribution in [3.05, 3.63) is 23.8 Å². The first-order valence-corrected chi connectivity index (χ1v) is 7.04. The minimum absolute atomic E-state index is 0.0321. The Balaban J connectivity index is 2.19. The van der Waals surface area contributed by atoms with Crippen LogP contribution in [-0.4, -0.2) is 54.1 Å². The van der Waals surface area contributed by atoms with Gasteiger partial charge in [0.15, 0.2) is 18.1 Å². The fourth-order valence-electron chi connectivity index (χ4n) is 2.13. The second-order valence-corrected chi connectivity index (χ2v) is 5.18. The Morgan fingerprint density at radius 3 is 2.52 bits per heavy atom. The molecule has 1 aliphatic rings. The minimum atomic E-state index is -1.06. The molecule has 23 heavy (non-hydrogen) atoms. The van der Waals surface area contributed by atoms with Crippen molar-refractivity contribution < 1.29 is 29.0 Å². The zero-order chi connectivity index (χ0) is 17.0. The van der Waals surface area contributed by atoms with E-state index in [1.165, 1.54) is 30.2 Å². The van der Waals surface area contributed by atoms with Crippen LogP contribution in [0, 0.1) is 0 Å². The molecule has 0 aliphatic heterocycles. The van der Waals surface area contributed by atoms with Crippen molar-refractivity contribution >= 4 is 17.8 Å². The molecule has 1 aromatic carbocycles. The number of primary amides is 1. The van der Waals surface area contributed by atoms with Crippen molar-refractivity contribution in [1.82, 2.24) is 4.90 Å². The average molecular weight is 322 g/mol. The molecule has 2 amide bonds. The van der Waals surface area contributed by atoms with Gasteiger partial charge < -0.3 is 25.2 Å². The first-order valence-electron chi connectivity index (χ1n) is 7.04. The standard InChI is InChI=1S/C15H18N2O6/c1-22-12-6-9(2-5-11(12)23-8-13(16)18)15(21)17(7-14(19)20)10-3-4-10/h2,5-6,10H,3-4,7-8H2,1H3,(H2,16,18)(H,19,20). The Morgan fingerprint density at radius 2 is 2.00 bits per heavy atom. The van der Waals surface area contributed by atoms with Crippen LogP contribution in [0.4, 0.5) is 0 Å². The second kappa shape index (κ2) is 6.99. The summed E-state index contributed by atoms with van der Waals surface area (Å²) in [6.07, 6.45) is 1.60. The summed E-state index contributed by atoms with van der Waals surface area (Å²) in [7, 11) is 1.40. The molecule has 8 nitrogen and oxygen atoms in total. The third kappa shape index (κ3) is 4.35. The summed E-state index contributed by atoms with van der Waals surface area (Å²) in [6, 6.07) is 4.41. The summed E-state index contributed by atoms with van der Waals surface area (Å²) in [5.74, 6) is -1.52. The molecule has 8 heteroatoms. The van der Waals surface area contributed by atoms with Crippen molar-refractivity contribution in [3.8, 4) is 11.5 Å². The number of carbonyl (C=O) groups excluding carboxylic acids is 2. The van der Waals surface area contributed by atoms with Crippen LogP contribution in [0.1, 0.15) is 23.2 Å². The molecule has 3 N–H and O–H groups in total. The average Bonchev–Trinajstić information content (AvgIpc) is 3.34. The molecule has 1 fully saturated rings. The zero-order valence-corrected chi connectivity index (χ0v) is 12.7. The number of carboxylic acid groups (broad SMARTS) is 1. The number of ether oxygens (including phenoxy) is 2. The van der Waals surface area contributed by atoms with Crippen LogP contribution < -0.4 is 15.2 Å². The lowest BCUT2D eigenvalue weighted by molar-refractivity contribution is -0.137. The Hall–Kier alpha value is -2.77. The minimum Gasteiger partial charge on any atom is -0.493 e. The highest BCUT2D eigenvalue weighted by Crippen LogP contribution is 2.31. The van der Waals surface area contributed by atoms with Crippen LogP contribution in [0.15, 0.2) is 18.2 Å². The van der Waals surface area contributed by atoms with E-state index >= 15 is 0 Å². The van der Waals surface area contributed by atoms with Crippen LogP contribution in [0.5, 0.6) is 11.5 Å². The SMILES string of the molecule is COc1cc(C(=O)N(CC(=O)O)C2CC2)ccc1OCC(N)=O. The van der Waals surface area contributed by atoms with E-state index in [0.29, 0.717) is 5.56 Å². The Bertz CT molecular complexity index is 626. The van der Waals surface area contributed by atoms with Gasteiger partial charge in [0.05, 0.1) is 7.11 Å². The van der Waals surface area contributed by atoms with Gasteiger partial charge in [-0.3, -0.25) is 14.4 Å². The van der Waals surface area contributed by atoms with Crippen molar-refractivity contribution in [1.29, 1.82) is 0 Å². The van der Waals surface area contributed by atoms with E-state index in [2.05, 4.69) is 0 Å². The van der Waals surface area contributed by atoms with Gasteiger partial charge in [0.2, 0.25) is 0 Å². The van der Waals surface area contributed by atoms with Gasteiger partial charge >= 0.3 is 5.97 Å². The molecule has 1 saturated carbocycles.